The van der Waals surface area contributed by atoms with Gasteiger partial charge in [0.25, 0.3) is 0 Å². The summed E-state index contributed by atoms with van der Waals surface area (Å²) in [6, 6.07) is 15.3. The first-order valence-electron chi connectivity index (χ1n) is 4.44. The molecule has 2 heteroatoms. The molecule has 0 N–H and O–H groups in total. The third-order valence-corrected chi connectivity index (χ3v) is 4.15. The van der Waals surface area contributed by atoms with Crippen molar-refractivity contribution in [2.45, 2.75) is 4.55 Å². The van der Waals surface area contributed by atoms with Crippen LogP contribution in [0.15, 0.2) is 42.5 Å². The molecule has 0 bridgehead atoms. The molecule has 0 amide bonds. The van der Waals surface area contributed by atoms with E-state index in [0.717, 1.165) is 0 Å². The van der Waals surface area contributed by atoms with Crippen LogP contribution in [0.25, 0.3) is 10.8 Å². The highest BCUT2D eigenvalue weighted by Crippen LogP contribution is 2.15. The highest BCUT2D eigenvalue weighted by atomic mass is 79.9. The van der Waals surface area contributed by atoms with E-state index in [4.69, 9.17) is 0 Å². The number of halogens is 1. The standard InChI is InChI=1S/C11H9.BrH.Mg/c1-9-6-7-10-4-2-3-5-11(10)8-9;;/h2-8H,1H2;1H;/q;;+1/p-1. The van der Waals surface area contributed by atoms with E-state index in [2.05, 4.69) is 55.3 Å². The van der Waals surface area contributed by atoms with E-state index in [1.807, 2.05) is 0 Å². The summed E-state index contributed by atoms with van der Waals surface area (Å²) in [5.74, 6) is 0. The molecule has 0 heterocycles. The van der Waals surface area contributed by atoms with E-state index in [-0.39, 0.29) is 18.2 Å². The van der Waals surface area contributed by atoms with Crippen molar-refractivity contribution in [3.63, 3.8) is 0 Å². The van der Waals surface area contributed by atoms with Gasteiger partial charge in [0.2, 0.25) is 0 Å². The van der Waals surface area contributed by atoms with Crippen LogP contribution in [0.3, 0.4) is 0 Å². The Bertz CT molecular complexity index is 412. The SMILES string of the molecule is [Br][Mg][CH2]c1ccc2ccccc2c1. The molecule has 0 nitrogen and oxygen atoms in total. The predicted octanol–water partition coefficient (Wildman–Crippen LogP) is 3.35. The second-order valence-electron chi connectivity index (χ2n) is 3.12. The van der Waals surface area contributed by atoms with Crippen molar-refractivity contribution >= 4 is 41.8 Å². The summed E-state index contributed by atoms with van der Waals surface area (Å²) < 4.78 is 1.24. The Morgan fingerprint density at radius 2 is 1.77 bits per heavy atom. The fraction of sp³-hybridized carbons (Fsp3) is 0.0909. The number of fused-ring (bicyclic) bond motifs is 1. The summed E-state index contributed by atoms with van der Waals surface area (Å²) in [7, 11) is 0. The average molecular weight is 245 g/mol. The van der Waals surface area contributed by atoms with Crippen molar-refractivity contribution < 1.29 is 0 Å². The van der Waals surface area contributed by atoms with Gasteiger partial charge in [0.1, 0.15) is 0 Å². The summed E-state index contributed by atoms with van der Waals surface area (Å²) in [4.78, 5) is 0. The average Bonchev–Trinajstić information content (AvgIpc) is 2.18. The van der Waals surface area contributed by atoms with Gasteiger partial charge in [0, 0.05) is 0 Å². The minimum absolute atomic E-state index is 0.0381. The van der Waals surface area contributed by atoms with Crippen LogP contribution >= 0.6 is 12.9 Å². The molecule has 0 aliphatic carbocycles. The molecule has 0 saturated carbocycles. The molecule has 2 aromatic rings. The zero-order valence-electron chi connectivity index (χ0n) is 7.33. The summed E-state index contributed by atoms with van der Waals surface area (Å²) in [5, 5.41) is 2.69. The minimum atomic E-state index is -0.0381. The maximum absolute atomic E-state index is 3.59. The number of hydrogen-bond donors (Lipinski definition) is 0. The van der Waals surface area contributed by atoms with Gasteiger partial charge >= 0.3 is 18.2 Å². The van der Waals surface area contributed by atoms with Gasteiger partial charge in [-0.25, -0.2) is 0 Å². The zero-order valence-corrected chi connectivity index (χ0v) is 10.3. The first-order chi connectivity index (χ1) is 6.40. The van der Waals surface area contributed by atoms with Gasteiger partial charge in [-0.2, -0.15) is 0 Å². The molecular weight excluding hydrogens is 236 g/mol. The first-order valence-corrected chi connectivity index (χ1v) is 9.34. The topological polar surface area (TPSA) is 0 Å². The second kappa shape index (κ2) is 4.44. The predicted molar refractivity (Wildman–Crippen MR) is 62.3 cm³/mol. The Balaban J connectivity index is 2.49. The normalized spacial score (nSPS) is 9.92. The highest BCUT2D eigenvalue weighted by molar-refractivity contribution is 9.23. The molecule has 0 aliphatic rings. The molecule has 0 aromatic heterocycles. The van der Waals surface area contributed by atoms with Crippen LogP contribution in [0, 0.1) is 0 Å². The lowest BCUT2D eigenvalue weighted by Gasteiger charge is -2.00. The van der Waals surface area contributed by atoms with Crippen LogP contribution in [0.4, 0.5) is 0 Å². The monoisotopic (exact) mass is 244 g/mol. The van der Waals surface area contributed by atoms with Crippen LogP contribution in [-0.2, 0) is 4.55 Å². The third-order valence-electron chi connectivity index (χ3n) is 2.20. The van der Waals surface area contributed by atoms with E-state index in [1.54, 1.807) is 0 Å². The molecule has 62 valence electrons. The van der Waals surface area contributed by atoms with Gasteiger partial charge in [0.15, 0.2) is 0 Å². The quantitative estimate of drug-likeness (QED) is 0.712. The van der Waals surface area contributed by atoms with E-state index in [9.17, 15) is 0 Å². The lowest BCUT2D eigenvalue weighted by molar-refractivity contribution is 1.42. The Hall–Kier alpha value is -0.0538. The Morgan fingerprint density at radius 3 is 2.54 bits per heavy atom. The molecule has 0 unspecified atom stereocenters. The molecule has 0 spiro atoms. The van der Waals surface area contributed by atoms with Gasteiger partial charge in [0.05, 0.1) is 0 Å². The molecule has 0 atom stereocenters. The summed E-state index contributed by atoms with van der Waals surface area (Å²) in [6.07, 6.45) is 0. The minimum Gasteiger partial charge on any atom is -0.306 e. The van der Waals surface area contributed by atoms with Gasteiger partial charge in [-0.1, -0.05) is 48.0 Å². The molecule has 0 aliphatic heterocycles. The lowest BCUT2D eigenvalue weighted by atomic mass is 10.1. The first kappa shape index (κ1) is 9.50. The van der Waals surface area contributed by atoms with Gasteiger partial charge < -0.3 is 12.9 Å². The maximum atomic E-state index is 3.59. The Morgan fingerprint density at radius 1 is 1.00 bits per heavy atom. The van der Waals surface area contributed by atoms with Crippen LogP contribution < -0.4 is 0 Å². The van der Waals surface area contributed by atoms with Crippen LogP contribution in [0.5, 0.6) is 0 Å². The zero-order chi connectivity index (χ0) is 9.10. The fourth-order valence-corrected chi connectivity index (χ4v) is 3.41. The van der Waals surface area contributed by atoms with Gasteiger partial charge in [-0.05, 0) is 10.8 Å². The smallest absolute Gasteiger partial charge is 0.306 e. The van der Waals surface area contributed by atoms with E-state index < -0.39 is 0 Å². The Labute approximate surface area is 93.9 Å². The molecule has 0 saturated heterocycles. The fourth-order valence-electron chi connectivity index (χ4n) is 1.50. The van der Waals surface area contributed by atoms with Crippen molar-refractivity contribution in [3.05, 3.63) is 48.0 Å². The molecule has 2 rings (SSSR count). The van der Waals surface area contributed by atoms with Crippen molar-refractivity contribution in [2.24, 2.45) is 0 Å². The van der Waals surface area contributed by atoms with Crippen LogP contribution in [0.1, 0.15) is 5.56 Å². The van der Waals surface area contributed by atoms with Crippen LogP contribution in [-0.4, -0.2) is 18.2 Å². The largest absolute Gasteiger partial charge is 0.473 e. The van der Waals surface area contributed by atoms with Crippen molar-refractivity contribution in [3.8, 4) is 0 Å². The molecular formula is C11H9BrMg. The number of hydrogen-bond acceptors (Lipinski definition) is 0. The van der Waals surface area contributed by atoms with Crippen LogP contribution in [0.2, 0.25) is 0 Å². The molecule has 2 aromatic carbocycles. The molecule has 0 fully saturated rings. The Kier molecular flexibility index (Phi) is 3.25. The van der Waals surface area contributed by atoms with E-state index >= 15 is 0 Å². The summed E-state index contributed by atoms with van der Waals surface area (Å²) >= 11 is 3.55. The van der Waals surface area contributed by atoms with Crippen molar-refractivity contribution in [1.29, 1.82) is 0 Å². The van der Waals surface area contributed by atoms with Crippen molar-refractivity contribution in [1.82, 2.24) is 0 Å². The highest BCUT2D eigenvalue weighted by Gasteiger charge is 1.96. The van der Waals surface area contributed by atoms with E-state index in [1.165, 1.54) is 20.9 Å². The van der Waals surface area contributed by atoms with E-state index in [0.29, 0.717) is 0 Å². The summed E-state index contributed by atoms with van der Waals surface area (Å²) in [6.45, 7) is 0. The summed E-state index contributed by atoms with van der Waals surface area (Å²) in [5.41, 5.74) is 1.46. The lowest BCUT2D eigenvalue weighted by Crippen LogP contribution is -1.87. The second-order valence-corrected chi connectivity index (χ2v) is 6.38. The molecule has 13 heavy (non-hydrogen) atoms. The van der Waals surface area contributed by atoms with Gasteiger partial charge in [-0.15, -0.1) is 4.55 Å². The number of benzene rings is 2. The molecule has 0 radical (unpaired) electrons. The van der Waals surface area contributed by atoms with Crippen molar-refractivity contribution in [2.75, 3.05) is 0 Å². The number of rotatable bonds is 2. The van der Waals surface area contributed by atoms with Gasteiger partial charge in [-0.3, -0.25) is 0 Å². The third kappa shape index (κ3) is 2.24. The maximum Gasteiger partial charge on any atom is 0.473 e.